The smallest absolute Gasteiger partial charge is 0.192 e. The number of piperidine rings is 1. The Balaban J connectivity index is 1.39. The van der Waals surface area contributed by atoms with Crippen LogP contribution in [0.1, 0.15) is 42.9 Å². The van der Waals surface area contributed by atoms with Crippen LogP contribution in [-0.4, -0.2) is 50.3 Å². The van der Waals surface area contributed by atoms with Crippen molar-refractivity contribution in [1.29, 1.82) is 0 Å². The van der Waals surface area contributed by atoms with Crippen LogP contribution in [-0.2, 0) is 20.1 Å². The molecule has 2 aromatic rings. The van der Waals surface area contributed by atoms with Crippen LogP contribution in [0, 0.1) is 6.92 Å². The van der Waals surface area contributed by atoms with E-state index in [2.05, 4.69) is 62.6 Å². The molecule has 0 aliphatic carbocycles. The van der Waals surface area contributed by atoms with Crippen LogP contribution < -0.4 is 10.6 Å². The molecule has 0 saturated carbocycles. The van der Waals surface area contributed by atoms with E-state index in [-0.39, 0.29) is 0 Å². The summed E-state index contributed by atoms with van der Waals surface area (Å²) in [6.07, 6.45) is 6.75. The fraction of sp³-hybridized carbons (Fsp3) is 0.522. The Morgan fingerprint density at radius 2 is 1.93 bits per heavy atom. The lowest BCUT2D eigenvalue weighted by molar-refractivity contribution is 0.114. The number of hydrogen-bond donors (Lipinski definition) is 2. The van der Waals surface area contributed by atoms with Crippen LogP contribution in [0.25, 0.3) is 0 Å². The molecule has 3 heterocycles. The summed E-state index contributed by atoms with van der Waals surface area (Å²) < 4.78 is 1.98. The largest absolute Gasteiger partial charge is 0.354 e. The lowest BCUT2D eigenvalue weighted by atomic mass is 9.96. The molecule has 0 spiro atoms. The van der Waals surface area contributed by atoms with Crippen molar-refractivity contribution in [2.24, 2.45) is 12.0 Å². The zero-order valence-electron chi connectivity index (χ0n) is 18.1. The lowest BCUT2D eigenvalue weighted by Gasteiger charge is -2.39. The van der Waals surface area contributed by atoms with Crippen molar-refractivity contribution in [3.63, 3.8) is 0 Å². The number of benzene rings is 1. The van der Waals surface area contributed by atoms with Gasteiger partial charge < -0.3 is 15.2 Å². The van der Waals surface area contributed by atoms with Crippen LogP contribution in [0.3, 0.4) is 0 Å². The second kappa shape index (κ2) is 9.43. The van der Waals surface area contributed by atoms with Gasteiger partial charge in [-0.2, -0.15) is 0 Å². The maximum Gasteiger partial charge on any atom is 0.192 e. The number of guanidine groups is 1. The van der Waals surface area contributed by atoms with E-state index in [1.807, 2.05) is 24.6 Å². The Hall–Kier alpha value is -2.67. The molecule has 160 valence electrons. The summed E-state index contributed by atoms with van der Waals surface area (Å²) in [5.74, 6) is 2.59. The molecule has 1 aromatic heterocycles. The van der Waals surface area contributed by atoms with E-state index in [0.29, 0.717) is 31.2 Å². The third kappa shape index (κ3) is 4.73. The number of hydrogen-bond acceptors (Lipinski definition) is 4. The topological polar surface area (TPSA) is 70.4 Å². The number of aliphatic imine (C=N–C) groups is 1. The van der Waals surface area contributed by atoms with Crippen molar-refractivity contribution in [2.45, 2.75) is 63.8 Å². The Labute approximate surface area is 179 Å². The van der Waals surface area contributed by atoms with Gasteiger partial charge in [0.2, 0.25) is 0 Å². The predicted octanol–water partition coefficient (Wildman–Crippen LogP) is 2.54. The van der Waals surface area contributed by atoms with Gasteiger partial charge >= 0.3 is 0 Å². The summed E-state index contributed by atoms with van der Waals surface area (Å²) in [7, 11) is 1.98. The monoisotopic (exact) mass is 407 g/mol. The summed E-state index contributed by atoms with van der Waals surface area (Å²) in [6.45, 7) is 8.02. The number of aryl methyl sites for hydroxylation is 1. The second-order valence-corrected chi connectivity index (χ2v) is 8.41. The first-order valence-corrected chi connectivity index (χ1v) is 10.9. The number of aromatic nitrogens is 3. The molecule has 0 radical (unpaired) electrons. The third-order valence-corrected chi connectivity index (χ3v) is 6.41. The average Bonchev–Trinajstić information content (AvgIpc) is 3.19. The molecule has 7 nitrogen and oxygen atoms in total. The van der Waals surface area contributed by atoms with Gasteiger partial charge in [0.15, 0.2) is 11.8 Å². The Kier molecular flexibility index (Phi) is 6.47. The van der Waals surface area contributed by atoms with Gasteiger partial charge in [0.1, 0.15) is 12.4 Å². The molecule has 2 aliphatic heterocycles. The minimum absolute atomic E-state index is 0.437. The average molecular weight is 408 g/mol. The molecule has 30 heavy (non-hydrogen) atoms. The number of nitrogens with one attached hydrogen (secondary N) is 2. The second-order valence-electron chi connectivity index (χ2n) is 8.41. The number of rotatable bonds is 7. The van der Waals surface area contributed by atoms with E-state index in [4.69, 9.17) is 4.99 Å². The molecule has 2 bridgehead atoms. The van der Waals surface area contributed by atoms with Gasteiger partial charge in [-0.05, 0) is 38.2 Å². The van der Waals surface area contributed by atoms with Gasteiger partial charge in [-0.15, -0.1) is 16.8 Å². The highest BCUT2D eigenvalue weighted by Crippen LogP contribution is 2.36. The normalized spacial score (nSPS) is 24.1. The molecule has 7 heteroatoms. The summed E-state index contributed by atoms with van der Waals surface area (Å²) >= 11 is 0. The summed E-state index contributed by atoms with van der Waals surface area (Å²) in [5, 5.41) is 15.4. The van der Waals surface area contributed by atoms with Crippen molar-refractivity contribution in [2.75, 3.05) is 6.54 Å². The molecule has 2 aliphatic rings. The predicted molar refractivity (Wildman–Crippen MR) is 120 cm³/mol. The first kappa shape index (κ1) is 20.6. The van der Waals surface area contributed by atoms with Gasteiger partial charge in [-0.1, -0.05) is 36.4 Å². The Morgan fingerprint density at radius 1 is 1.20 bits per heavy atom. The fourth-order valence-corrected chi connectivity index (χ4v) is 4.70. The number of nitrogens with zero attached hydrogens (tertiary/aromatic N) is 5. The van der Waals surface area contributed by atoms with E-state index in [1.165, 1.54) is 18.4 Å². The Bertz CT molecular complexity index is 859. The van der Waals surface area contributed by atoms with Crippen molar-refractivity contribution in [3.8, 4) is 0 Å². The first-order valence-electron chi connectivity index (χ1n) is 10.9. The van der Waals surface area contributed by atoms with Gasteiger partial charge in [-0.25, -0.2) is 4.99 Å². The van der Waals surface area contributed by atoms with Gasteiger partial charge in [-0.3, -0.25) is 4.90 Å². The van der Waals surface area contributed by atoms with E-state index in [1.54, 1.807) is 0 Å². The quantitative estimate of drug-likeness (QED) is 0.419. The number of fused-ring (bicyclic) bond motifs is 2. The highest BCUT2D eigenvalue weighted by atomic mass is 15.3. The summed E-state index contributed by atoms with van der Waals surface area (Å²) in [5.41, 5.74) is 1.41. The van der Waals surface area contributed by atoms with Crippen LogP contribution >= 0.6 is 0 Å². The van der Waals surface area contributed by atoms with Crippen molar-refractivity contribution < 1.29 is 0 Å². The van der Waals surface area contributed by atoms with Crippen LogP contribution in [0.15, 0.2) is 48.0 Å². The minimum atomic E-state index is 0.437. The molecular weight excluding hydrogens is 374 g/mol. The van der Waals surface area contributed by atoms with Gasteiger partial charge in [0.25, 0.3) is 0 Å². The molecule has 4 rings (SSSR count). The lowest BCUT2D eigenvalue weighted by Crippen LogP contribution is -2.52. The third-order valence-electron chi connectivity index (χ3n) is 6.41. The molecular formula is C23H33N7. The van der Waals surface area contributed by atoms with Crippen molar-refractivity contribution >= 4 is 5.96 Å². The summed E-state index contributed by atoms with van der Waals surface area (Å²) in [4.78, 5) is 7.48. The SMILES string of the molecule is C=CCNC(=NCc1nnc(C)n1C)NC1CC2CCC(C1)N2Cc1ccccc1. The van der Waals surface area contributed by atoms with Crippen molar-refractivity contribution in [3.05, 3.63) is 60.2 Å². The van der Waals surface area contributed by atoms with Gasteiger partial charge in [0.05, 0.1) is 0 Å². The minimum Gasteiger partial charge on any atom is -0.354 e. The highest BCUT2D eigenvalue weighted by Gasteiger charge is 2.40. The summed E-state index contributed by atoms with van der Waals surface area (Å²) in [6, 6.07) is 12.6. The maximum absolute atomic E-state index is 4.77. The van der Waals surface area contributed by atoms with Gasteiger partial charge in [0, 0.05) is 38.3 Å². The fourth-order valence-electron chi connectivity index (χ4n) is 4.70. The van der Waals surface area contributed by atoms with E-state index in [9.17, 15) is 0 Å². The zero-order chi connectivity index (χ0) is 20.9. The van der Waals surface area contributed by atoms with Crippen LogP contribution in [0.5, 0.6) is 0 Å². The molecule has 2 unspecified atom stereocenters. The van der Waals surface area contributed by atoms with E-state index >= 15 is 0 Å². The van der Waals surface area contributed by atoms with E-state index < -0.39 is 0 Å². The first-order chi connectivity index (χ1) is 14.6. The van der Waals surface area contributed by atoms with Crippen molar-refractivity contribution in [1.82, 2.24) is 30.3 Å². The highest BCUT2D eigenvalue weighted by molar-refractivity contribution is 5.80. The molecule has 2 fully saturated rings. The Morgan fingerprint density at radius 3 is 2.57 bits per heavy atom. The standard InChI is InChI=1S/C23H33N7/c1-4-12-24-23(25-15-22-28-27-17(2)29(22)3)26-19-13-20-10-11-21(14-19)30(20)16-18-8-6-5-7-9-18/h4-9,19-21H,1,10-16H2,2-3H3,(H2,24,25,26). The molecule has 2 saturated heterocycles. The molecule has 2 N–H and O–H groups in total. The van der Waals surface area contributed by atoms with E-state index in [0.717, 1.165) is 37.0 Å². The molecule has 2 atom stereocenters. The molecule has 0 amide bonds. The molecule has 1 aromatic carbocycles. The maximum atomic E-state index is 4.77. The zero-order valence-corrected chi connectivity index (χ0v) is 18.1. The van der Waals surface area contributed by atoms with Crippen LogP contribution in [0.2, 0.25) is 0 Å². The van der Waals surface area contributed by atoms with Crippen LogP contribution in [0.4, 0.5) is 0 Å².